The third-order valence-corrected chi connectivity index (χ3v) is 4.25. The summed E-state index contributed by atoms with van der Waals surface area (Å²) in [7, 11) is 0. The highest BCUT2D eigenvalue weighted by Gasteiger charge is 2.22. The zero-order valence-electron chi connectivity index (χ0n) is 18.9. The van der Waals surface area contributed by atoms with E-state index in [4.69, 9.17) is 11.0 Å². The molecule has 1 N–H and O–H groups in total. The number of rotatable bonds is 0. The van der Waals surface area contributed by atoms with E-state index in [2.05, 4.69) is 4.99 Å². The van der Waals surface area contributed by atoms with Crippen molar-refractivity contribution in [2.75, 3.05) is 26.0 Å². The molecule has 0 bridgehead atoms. The number of nitrogens with one attached hydrogen (secondary N) is 1. The van der Waals surface area contributed by atoms with Crippen molar-refractivity contribution in [1.29, 1.82) is 0 Å². The van der Waals surface area contributed by atoms with Gasteiger partial charge in [-0.15, -0.1) is 0 Å². The highest BCUT2D eigenvalue weighted by Crippen LogP contribution is 2.40. The van der Waals surface area contributed by atoms with Crippen LogP contribution in [0.15, 0.2) is 63.3 Å². The van der Waals surface area contributed by atoms with Crippen molar-refractivity contribution in [2.45, 2.75) is 9.79 Å². The molecule has 0 unspecified atom stereocenters. The van der Waals surface area contributed by atoms with Crippen molar-refractivity contribution in [3.05, 3.63) is 54.1 Å². The molecule has 2 aromatic rings. The van der Waals surface area contributed by atoms with Gasteiger partial charge in [-0.05, 0) is 18.2 Å². The maximum atomic E-state index is 8.41. The molecule has 0 radical (unpaired) electrons. The largest absolute Gasteiger partial charge is 0.354 e. The Morgan fingerprint density at radius 1 is 1.00 bits per heavy atom. The zero-order valence-corrected chi connectivity index (χ0v) is 11.7. The normalized spacial score (nSPS) is 32.8. The summed E-state index contributed by atoms with van der Waals surface area (Å²) in [5.41, 5.74) is 0.866. The molecule has 0 aliphatic carbocycles. The van der Waals surface area contributed by atoms with Crippen LogP contribution in [0, 0.1) is 0 Å². The van der Waals surface area contributed by atoms with Crippen molar-refractivity contribution >= 4 is 23.3 Å². The zero-order chi connectivity index (χ0) is 21.2. The van der Waals surface area contributed by atoms with Crippen LogP contribution < -0.4 is 5.32 Å². The van der Waals surface area contributed by atoms with E-state index in [9.17, 15) is 0 Å². The van der Waals surface area contributed by atoms with Gasteiger partial charge in [-0.1, -0.05) is 42.1 Å². The molecule has 21 heavy (non-hydrogen) atoms. The lowest BCUT2D eigenvalue weighted by molar-refractivity contribution is 0.358. The van der Waals surface area contributed by atoms with E-state index in [1.165, 1.54) is 11.8 Å². The Labute approximate surface area is 140 Å². The molecule has 0 spiro atoms. The van der Waals surface area contributed by atoms with Crippen LogP contribution in [0.25, 0.3) is 0 Å². The van der Waals surface area contributed by atoms with Crippen molar-refractivity contribution in [3.63, 3.8) is 0 Å². The van der Waals surface area contributed by atoms with Gasteiger partial charge in [-0.25, -0.2) is 4.99 Å². The number of fused-ring (bicyclic) bond motifs is 2. The third-order valence-electron chi connectivity index (χ3n) is 3.11. The molecule has 0 atom stereocenters. The lowest BCUT2D eigenvalue weighted by Crippen LogP contribution is -2.46. The Bertz CT molecular complexity index is 982. The Morgan fingerprint density at radius 3 is 2.57 bits per heavy atom. The minimum Gasteiger partial charge on any atom is -0.354 e. The van der Waals surface area contributed by atoms with Crippen molar-refractivity contribution in [2.24, 2.45) is 4.99 Å². The summed E-state index contributed by atoms with van der Waals surface area (Å²) in [6.45, 7) is -11.7. The van der Waals surface area contributed by atoms with Crippen LogP contribution in [0.3, 0.4) is 0 Å². The molecule has 2 aromatic carbocycles. The number of hydrogen-bond donors (Lipinski definition) is 1. The van der Waals surface area contributed by atoms with E-state index >= 15 is 0 Å². The van der Waals surface area contributed by atoms with E-state index in [-0.39, 0.29) is 5.84 Å². The first kappa shape index (κ1) is 6.99. The van der Waals surface area contributed by atoms with Gasteiger partial charge < -0.3 is 10.2 Å². The summed E-state index contributed by atoms with van der Waals surface area (Å²) in [6, 6.07) is 14.0. The van der Waals surface area contributed by atoms with Crippen LogP contribution in [0.1, 0.15) is 16.5 Å². The minimum atomic E-state index is -2.95. The van der Waals surface area contributed by atoms with Crippen molar-refractivity contribution < 1.29 is 11.0 Å². The molecule has 1 fully saturated rings. The molecule has 3 nitrogen and oxygen atoms in total. The van der Waals surface area contributed by atoms with Gasteiger partial charge in [0.2, 0.25) is 0 Å². The maximum Gasteiger partial charge on any atom is 0.137 e. The van der Waals surface area contributed by atoms with Gasteiger partial charge in [0, 0.05) is 46.8 Å². The molecular formula is C17H17N3S. The summed E-state index contributed by atoms with van der Waals surface area (Å²) in [4.78, 5) is 6.46. The standard InChI is InChI=1S/C17H17N3S/c1-3-7-15-13(5-1)17(20-11-9-18-10-12-20)19-14-6-2-4-8-16(14)21-15/h1-8,18H,9-12H2/i9D2,10D2,11D2,12D2. The second kappa shape index (κ2) is 5.54. The number of para-hydroxylation sites is 1. The molecule has 2 aliphatic heterocycles. The molecule has 2 aliphatic rings. The van der Waals surface area contributed by atoms with Gasteiger partial charge in [-0.2, -0.15) is 0 Å². The van der Waals surface area contributed by atoms with Crippen molar-refractivity contribution in [3.8, 4) is 0 Å². The van der Waals surface area contributed by atoms with E-state index in [0.717, 1.165) is 4.90 Å². The first-order valence-electron chi connectivity index (χ1n) is 10.4. The molecule has 0 amide bonds. The Kier molecular flexibility index (Phi) is 1.84. The number of nitrogens with zero attached hydrogens (tertiary/aromatic N) is 2. The average molecular weight is 303 g/mol. The summed E-state index contributed by atoms with van der Waals surface area (Å²) in [6.07, 6.45) is 0. The lowest BCUT2D eigenvalue weighted by atomic mass is 10.1. The number of piperazine rings is 1. The summed E-state index contributed by atoms with van der Waals surface area (Å²) in [5.74, 6) is -0.165. The fourth-order valence-corrected chi connectivity index (χ4v) is 3.19. The van der Waals surface area contributed by atoms with E-state index in [1.54, 1.807) is 36.4 Å². The van der Waals surface area contributed by atoms with Crippen LogP contribution in [-0.2, 0) is 0 Å². The highest BCUT2D eigenvalue weighted by atomic mass is 32.2. The minimum absolute atomic E-state index is 0.165. The highest BCUT2D eigenvalue weighted by molar-refractivity contribution is 7.99. The fraction of sp³-hybridized carbons (Fsp3) is 0.235. The van der Waals surface area contributed by atoms with Gasteiger partial charge in [0.05, 0.1) is 11.2 Å². The molecule has 0 saturated carbocycles. The summed E-state index contributed by atoms with van der Waals surface area (Å²) in [5, 5.41) is 1.86. The topological polar surface area (TPSA) is 27.6 Å². The van der Waals surface area contributed by atoms with Gasteiger partial charge in [-0.3, -0.25) is 0 Å². The predicted octanol–water partition coefficient (Wildman–Crippen LogP) is 3.13. The predicted molar refractivity (Wildman–Crippen MR) is 87.6 cm³/mol. The molecule has 0 aromatic heterocycles. The van der Waals surface area contributed by atoms with Crippen LogP contribution in [0.4, 0.5) is 5.69 Å². The van der Waals surface area contributed by atoms with Gasteiger partial charge in [0.1, 0.15) is 5.84 Å². The monoisotopic (exact) mass is 303 g/mol. The SMILES string of the molecule is [2H]C1([2H])NC([2H])([2H])C([2H])([2H])N(C2=Nc3ccccc3Sc3ccccc32)C1([2H])[2H]. The molecule has 4 heteroatoms. The van der Waals surface area contributed by atoms with Gasteiger partial charge in [0.15, 0.2) is 0 Å². The fourth-order valence-electron chi connectivity index (χ4n) is 2.17. The number of benzene rings is 2. The second-order valence-corrected chi connectivity index (χ2v) is 5.52. The summed E-state index contributed by atoms with van der Waals surface area (Å²) < 4.78 is 65.9. The molecule has 106 valence electrons. The molecule has 1 saturated heterocycles. The average Bonchev–Trinajstić information content (AvgIpc) is 2.76. The number of aliphatic imine (C=N–C) groups is 1. The first-order chi connectivity index (χ1) is 13.4. The van der Waals surface area contributed by atoms with Crippen LogP contribution in [0.2, 0.25) is 0 Å². The lowest BCUT2D eigenvalue weighted by Gasteiger charge is -2.30. The summed E-state index contributed by atoms with van der Waals surface area (Å²) >= 11 is 1.38. The molecule has 2 heterocycles. The van der Waals surface area contributed by atoms with Gasteiger partial charge >= 0.3 is 0 Å². The molecule has 4 rings (SSSR count). The first-order valence-corrected chi connectivity index (χ1v) is 7.25. The Morgan fingerprint density at radius 2 is 1.71 bits per heavy atom. The van der Waals surface area contributed by atoms with Crippen LogP contribution in [0.5, 0.6) is 0 Å². The second-order valence-electron chi connectivity index (χ2n) is 4.44. The van der Waals surface area contributed by atoms with Crippen molar-refractivity contribution in [1.82, 2.24) is 10.2 Å². The number of amidine groups is 1. The maximum absolute atomic E-state index is 8.41. The van der Waals surface area contributed by atoms with E-state index < -0.39 is 26.0 Å². The Balaban J connectivity index is 2.03. The third kappa shape index (κ3) is 2.45. The van der Waals surface area contributed by atoms with E-state index in [1.807, 2.05) is 17.4 Å². The van der Waals surface area contributed by atoms with Crippen LogP contribution in [-0.4, -0.2) is 36.7 Å². The van der Waals surface area contributed by atoms with Gasteiger partial charge in [0.25, 0.3) is 0 Å². The van der Waals surface area contributed by atoms with Crippen LogP contribution >= 0.6 is 11.8 Å². The quantitative estimate of drug-likeness (QED) is 0.810. The van der Waals surface area contributed by atoms with E-state index in [0.29, 0.717) is 21.0 Å². The smallest absolute Gasteiger partial charge is 0.137 e. The number of hydrogen-bond acceptors (Lipinski definition) is 4. The molecular weight excluding hydrogens is 278 g/mol. The Hall–Kier alpha value is -1.78.